The highest BCUT2D eigenvalue weighted by Crippen LogP contribution is 2.29. The fraction of sp³-hybridized carbons (Fsp3) is 0.471. The largest absolute Gasteiger partial charge is 0.463 e. The molecule has 1 saturated heterocycles. The predicted molar refractivity (Wildman–Crippen MR) is 90.5 cm³/mol. The summed E-state index contributed by atoms with van der Waals surface area (Å²) in [5.41, 5.74) is 3.00. The minimum atomic E-state index is -0.215. The SMILES string of the molecule is CCOC(=O)/C(=C/c1cc(Br)ccc1N1CCCC1)CC. The molecule has 0 unspecified atom stereocenters. The summed E-state index contributed by atoms with van der Waals surface area (Å²) in [6.45, 7) is 6.40. The van der Waals surface area contributed by atoms with Crippen LogP contribution in [0.2, 0.25) is 0 Å². The van der Waals surface area contributed by atoms with Gasteiger partial charge < -0.3 is 9.64 Å². The van der Waals surface area contributed by atoms with Crippen LogP contribution in [0.1, 0.15) is 38.7 Å². The standard InChI is InChI=1S/C17H22BrNO2/c1-3-13(17(20)21-4-2)11-14-12-15(18)7-8-16(14)19-9-5-6-10-19/h7-8,11-12H,3-6,9-10H2,1-2H3/b13-11+. The predicted octanol–water partition coefficient (Wildman–Crippen LogP) is 4.41. The molecule has 2 rings (SSSR count). The number of carbonyl (C=O) groups excluding carboxylic acids is 1. The van der Waals surface area contributed by atoms with Crippen molar-refractivity contribution in [1.29, 1.82) is 0 Å². The van der Waals surface area contributed by atoms with E-state index in [4.69, 9.17) is 4.74 Å². The van der Waals surface area contributed by atoms with E-state index in [9.17, 15) is 4.79 Å². The van der Waals surface area contributed by atoms with Crippen molar-refractivity contribution in [2.75, 3.05) is 24.6 Å². The number of hydrogen-bond acceptors (Lipinski definition) is 3. The third-order valence-corrected chi connectivity index (χ3v) is 4.18. The van der Waals surface area contributed by atoms with E-state index in [1.165, 1.54) is 18.5 Å². The Morgan fingerprint density at radius 1 is 1.33 bits per heavy atom. The third-order valence-electron chi connectivity index (χ3n) is 3.68. The van der Waals surface area contributed by atoms with Gasteiger partial charge in [0.15, 0.2) is 0 Å². The van der Waals surface area contributed by atoms with Crippen LogP contribution in [0, 0.1) is 0 Å². The maximum absolute atomic E-state index is 12.0. The number of halogens is 1. The zero-order chi connectivity index (χ0) is 15.2. The molecule has 0 amide bonds. The summed E-state index contributed by atoms with van der Waals surface area (Å²) < 4.78 is 6.15. The van der Waals surface area contributed by atoms with Gasteiger partial charge in [-0.15, -0.1) is 0 Å². The number of benzene rings is 1. The van der Waals surface area contributed by atoms with Crippen LogP contribution in [0.4, 0.5) is 5.69 Å². The Hall–Kier alpha value is -1.29. The molecule has 1 fully saturated rings. The Morgan fingerprint density at radius 3 is 2.67 bits per heavy atom. The molecule has 1 aliphatic rings. The van der Waals surface area contributed by atoms with Gasteiger partial charge in [0, 0.05) is 28.8 Å². The van der Waals surface area contributed by atoms with Gasteiger partial charge in [0.25, 0.3) is 0 Å². The molecule has 0 radical (unpaired) electrons. The van der Waals surface area contributed by atoms with Crippen molar-refractivity contribution in [3.8, 4) is 0 Å². The molecule has 0 aromatic heterocycles. The average molecular weight is 352 g/mol. The molecule has 3 nitrogen and oxygen atoms in total. The Morgan fingerprint density at radius 2 is 2.05 bits per heavy atom. The van der Waals surface area contributed by atoms with Gasteiger partial charge in [0.2, 0.25) is 0 Å². The summed E-state index contributed by atoms with van der Waals surface area (Å²) in [6.07, 6.45) is 5.11. The van der Waals surface area contributed by atoms with Crippen LogP contribution in [0.5, 0.6) is 0 Å². The summed E-state index contributed by atoms with van der Waals surface area (Å²) in [5.74, 6) is -0.215. The number of carbonyl (C=O) groups is 1. The molecule has 1 aromatic rings. The fourth-order valence-electron chi connectivity index (χ4n) is 2.60. The van der Waals surface area contributed by atoms with Gasteiger partial charge in [-0.05, 0) is 56.0 Å². The number of rotatable bonds is 5. The van der Waals surface area contributed by atoms with Crippen LogP contribution < -0.4 is 4.90 Å². The van der Waals surface area contributed by atoms with E-state index in [0.29, 0.717) is 13.0 Å². The molecule has 0 saturated carbocycles. The minimum Gasteiger partial charge on any atom is -0.463 e. The Balaban J connectivity index is 2.36. The topological polar surface area (TPSA) is 29.5 Å². The molecule has 21 heavy (non-hydrogen) atoms. The summed E-state index contributed by atoms with van der Waals surface area (Å²) in [6, 6.07) is 6.25. The van der Waals surface area contributed by atoms with Gasteiger partial charge in [-0.25, -0.2) is 4.79 Å². The molecule has 0 aliphatic carbocycles. The van der Waals surface area contributed by atoms with Crippen molar-refractivity contribution in [3.05, 3.63) is 33.8 Å². The second-order valence-corrected chi connectivity index (χ2v) is 6.06. The highest BCUT2D eigenvalue weighted by Gasteiger charge is 2.16. The van der Waals surface area contributed by atoms with Gasteiger partial charge in [0.05, 0.1) is 6.61 Å². The number of anilines is 1. The van der Waals surface area contributed by atoms with Crippen LogP contribution in [0.3, 0.4) is 0 Å². The Labute approximate surface area is 135 Å². The summed E-state index contributed by atoms with van der Waals surface area (Å²) >= 11 is 3.52. The number of esters is 1. The van der Waals surface area contributed by atoms with Gasteiger partial charge in [0.1, 0.15) is 0 Å². The van der Waals surface area contributed by atoms with Crippen molar-refractivity contribution < 1.29 is 9.53 Å². The zero-order valence-electron chi connectivity index (χ0n) is 12.7. The molecule has 1 heterocycles. The van der Waals surface area contributed by atoms with Crippen molar-refractivity contribution >= 4 is 33.7 Å². The third kappa shape index (κ3) is 4.10. The van der Waals surface area contributed by atoms with E-state index >= 15 is 0 Å². The van der Waals surface area contributed by atoms with Crippen molar-refractivity contribution in [3.63, 3.8) is 0 Å². The smallest absolute Gasteiger partial charge is 0.333 e. The van der Waals surface area contributed by atoms with E-state index in [-0.39, 0.29) is 5.97 Å². The molecule has 4 heteroatoms. The van der Waals surface area contributed by atoms with Gasteiger partial charge in [-0.3, -0.25) is 0 Å². The monoisotopic (exact) mass is 351 g/mol. The first kappa shape index (κ1) is 16.1. The second kappa shape index (κ2) is 7.64. The number of hydrogen-bond donors (Lipinski definition) is 0. The van der Waals surface area contributed by atoms with Crippen LogP contribution in [0.25, 0.3) is 6.08 Å². The minimum absolute atomic E-state index is 0.215. The highest BCUT2D eigenvalue weighted by atomic mass is 79.9. The lowest BCUT2D eigenvalue weighted by molar-refractivity contribution is -0.138. The second-order valence-electron chi connectivity index (χ2n) is 5.14. The van der Waals surface area contributed by atoms with Crippen LogP contribution in [0.15, 0.2) is 28.2 Å². The average Bonchev–Trinajstić information content (AvgIpc) is 2.99. The summed E-state index contributed by atoms with van der Waals surface area (Å²) in [5, 5.41) is 0. The van der Waals surface area contributed by atoms with Crippen molar-refractivity contribution in [2.45, 2.75) is 33.1 Å². The molecule has 1 aliphatic heterocycles. The maximum atomic E-state index is 12.0. The quantitative estimate of drug-likeness (QED) is 0.581. The first-order valence-corrected chi connectivity index (χ1v) is 8.37. The van der Waals surface area contributed by atoms with E-state index in [1.807, 2.05) is 19.9 Å². The normalized spacial score (nSPS) is 15.4. The van der Waals surface area contributed by atoms with Crippen LogP contribution >= 0.6 is 15.9 Å². The molecule has 0 spiro atoms. The first-order chi connectivity index (χ1) is 10.2. The Kier molecular flexibility index (Phi) is 5.85. The molecule has 0 atom stereocenters. The van der Waals surface area contributed by atoms with E-state index in [1.54, 1.807) is 0 Å². The highest BCUT2D eigenvalue weighted by molar-refractivity contribution is 9.10. The molecule has 1 aromatic carbocycles. The van der Waals surface area contributed by atoms with E-state index in [2.05, 4.69) is 39.0 Å². The molecule has 0 bridgehead atoms. The van der Waals surface area contributed by atoms with Crippen molar-refractivity contribution in [1.82, 2.24) is 0 Å². The van der Waals surface area contributed by atoms with Crippen molar-refractivity contribution in [2.24, 2.45) is 0 Å². The van der Waals surface area contributed by atoms with Gasteiger partial charge in [-0.2, -0.15) is 0 Å². The van der Waals surface area contributed by atoms with E-state index in [0.717, 1.165) is 28.7 Å². The lowest BCUT2D eigenvalue weighted by Crippen LogP contribution is -2.18. The Bertz CT molecular complexity index is 534. The molecular weight excluding hydrogens is 330 g/mol. The summed E-state index contributed by atoms with van der Waals surface area (Å²) in [4.78, 5) is 14.4. The zero-order valence-corrected chi connectivity index (χ0v) is 14.3. The lowest BCUT2D eigenvalue weighted by Gasteiger charge is -2.21. The van der Waals surface area contributed by atoms with E-state index < -0.39 is 0 Å². The van der Waals surface area contributed by atoms with Gasteiger partial charge >= 0.3 is 5.97 Å². The molecule has 114 valence electrons. The number of ether oxygens (including phenoxy) is 1. The molecular formula is C17H22BrNO2. The van der Waals surface area contributed by atoms with Gasteiger partial charge in [-0.1, -0.05) is 22.9 Å². The maximum Gasteiger partial charge on any atom is 0.333 e. The number of nitrogens with zero attached hydrogens (tertiary/aromatic N) is 1. The molecule has 0 N–H and O–H groups in total. The summed E-state index contributed by atoms with van der Waals surface area (Å²) in [7, 11) is 0. The first-order valence-electron chi connectivity index (χ1n) is 7.58. The van der Waals surface area contributed by atoms with Crippen LogP contribution in [-0.2, 0) is 9.53 Å². The fourth-order valence-corrected chi connectivity index (χ4v) is 2.98. The van der Waals surface area contributed by atoms with Crippen LogP contribution in [-0.4, -0.2) is 25.7 Å². The lowest BCUT2D eigenvalue weighted by atomic mass is 10.1.